The summed E-state index contributed by atoms with van der Waals surface area (Å²) in [4.78, 5) is 2.13. The standard InChI is InChI=1S/C17H21NO/c1-12-5-6-17(15(8-12)11-19)18(4)16-9-13(2)7-14(3)10-16/h5-10,19H,11H2,1-4H3. The Morgan fingerprint density at radius 2 is 1.53 bits per heavy atom. The van der Waals surface area contributed by atoms with Crippen molar-refractivity contribution in [1.82, 2.24) is 0 Å². The van der Waals surface area contributed by atoms with Crippen LogP contribution in [0.5, 0.6) is 0 Å². The van der Waals surface area contributed by atoms with Crippen LogP contribution in [0.4, 0.5) is 11.4 Å². The topological polar surface area (TPSA) is 23.5 Å². The quantitative estimate of drug-likeness (QED) is 0.900. The Morgan fingerprint density at radius 1 is 0.895 bits per heavy atom. The van der Waals surface area contributed by atoms with Gasteiger partial charge in [0.05, 0.1) is 6.61 Å². The molecule has 2 aromatic carbocycles. The highest BCUT2D eigenvalue weighted by Crippen LogP contribution is 2.29. The minimum Gasteiger partial charge on any atom is -0.392 e. The Labute approximate surface area is 115 Å². The first-order valence-corrected chi connectivity index (χ1v) is 6.53. The number of aliphatic hydroxyl groups is 1. The van der Waals surface area contributed by atoms with Crippen molar-refractivity contribution in [2.24, 2.45) is 0 Å². The van der Waals surface area contributed by atoms with Crippen molar-refractivity contribution in [3.05, 3.63) is 58.7 Å². The summed E-state index contributed by atoms with van der Waals surface area (Å²) in [6, 6.07) is 12.7. The van der Waals surface area contributed by atoms with E-state index in [0.717, 1.165) is 16.9 Å². The minimum absolute atomic E-state index is 0.0617. The molecule has 1 N–H and O–H groups in total. The van der Waals surface area contributed by atoms with Crippen molar-refractivity contribution < 1.29 is 5.11 Å². The van der Waals surface area contributed by atoms with Gasteiger partial charge in [0, 0.05) is 24.0 Å². The molecule has 0 radical (unpaired) electrons. The first-order chi connectivity index (χ1) is 9.01. The molecule has 0 aliphatic carbocycles. The fraction of sp³-hybridized carbons (Fsp3) is 0.294. The molecule has 0 aromatic heterocycles. The Hall–Kier alpha value is -1.80. The molecule has 0 aliphatic rings. The zero-order valence-corrected chi connectivity index (χ0v) is 12.1. The number of anilines is 2. The number of aliphatic hydroxyl groups excluding tert-OH is 1. The van der Waals surface area contributed by atoms with Crippen molar-refractivity contribution in [1.29, 1.82) is 0 Å². The average Bonchev–Trinajstić information content (AvgIpc) is 2.36. The highest BCUT2D eigenvalue weighted by molar-refractivity contribution is 5.67. The van der Waals surface area contributed by atoms with Crippen LogP contribution in [0.2, 0.25) is 0 Å². The second-order valence-corrected chi connectivity index (χ2v) is 5.20. The molecule has 2 heteroatoms. The van der Waals surface area contributed by atoms with Gasteiger partial charge in [0.15, 0.2) is 0 Å². The maximum absolute atomic E-state index is 9.52. The lowest BCUT2D eigenvalue weighted by molar-refractivity contribution is 0.282. The summed E-state index contributed by atoms with van der Waals surface area (Å²) >= 11 is 0. The zero-order chi connectivity index (χ0) is 14.0. The number of nitrogens with zero attached hydrogens (tertiary/aromatic N) is 1. The van der Waals surface area contributed by atoms with Gasteiger partial charge in [-0.3, -0.25) is 0 Å². The Kier molecular flexibility index (Phi) is 3.91. The molecule has 19 heavy (non-hydrogen) atoms. The van der Waals surface area contributed by atoms with E-state index in [1.165, 1.54) is 16.7 Å². The Bertz CT molecular complexity index is 570. The molecule has 0 atom stereocenters. The van der Waals surface area contributed by atoms with Gasteiger partial charge in [0.2, 0.25) is 0 Å². The van der Waals surface area contributed by atoms with E-state index in [1.54, 1.807) is 0 Å². The molecular formula is C17H21NO. The van der Waals surface area contributed by atoms with Crippen molar-refractivity contribution in [2.75, 3.05) is 11.9 Å². The largest absolute Gasteiger partial charge is 0.392 e. The Balaban J connectivity index is 2.46. The van der Waals surface area contributed by atoms with Crippen molar-refractivity contribution in [3.8, 4) is 0 Å². The molecular weight excluding hydrogens is 234 g/mol. The number of aryl methyl sites for hydroxylation is 3. The van der Waals surface area contributed by atoms with Crippen LogP contribution in [0.15, 0.2) is 36.4 Å². The van der Waals surface area contributed by atoms with E-state index >= 15 is 0 Å². The molecule has 2 aromatic rings. The number of hydrogen-bond donors (Lipinski definition) is 1. The fourth-order valence-electron chi connectivity index (χ4n) is 2.45. The van der Waals surface area contributed by atoms with E-state index in [4.69, 9.17) is 0 Å². The summed E-state index contributed by atoms with van der Waals surface area (Å²) < 4.78 is 0. The molecule has 0 amide bonds. The van der Waals surface area contributed by atoms with Gasteiger partial charge < -0.3 is 10.0 Å². The lowest BCUT2D eigenvalue weighted by atomic mass is 10.1. The van der Waals surface area contributed by atoms with Gasteiger partial charge in [0.25, 0.3) is 0 Å². The van der Waals surface area contributed by atoms with Crippen LogP contribution >= 0.6 is 0 Å². The highest BCUT2D eigenvalue weighted by Gasteiger charge is 2.09. The van der Waals surface area contributed by atoms with E-state index in [1.807, 2.05) is 20.0 Å². The predicted octanol–water partition coefficient (Wildman–Crippen LogP) is 3.87. The predicted molar refractivity (Wildman–Crippen MR) is 81.1 cm³/mol. The van der Waals surface area contributed by atoms with E-state index in [-0.39, 0.29) is 6.61 Å². The number of benzene rings is 2. The van der Waals surface area contributed by atoms with Crippen molar-refractivity contribution in [2.45, 2.75) is 27.4 Å². The van der Waals surface area contributed by atoms with Crippen LogP contribution in [0, 0.1) is 20.8 Å². The van der Waals surface area contributed by atoms with Crippen LogP contribution in [-0.4, -0.2) is 12.2 Å². The summed E-state index contributed by atoms with van der Waals surface area (Å²) in [6.45, 7) is 6.31. The van der Waals surface area contributed by atoms with E-state index < -0.39 is 0 Å². The SMILES string of the molecule is Cc1cc(C)cc(N(C)c2ccc(C)cc2CO)c1. The van der Waals surface area contributed by atoms with Crippen molar-refractivity contribution >= 4 is 11.4 Å². The zero-order valence-electron chi connectivity index (χ0n) is 12.1. The van der Waals surface area contributed by atoms with Gasteiger partial charge in [-0.15, -0.1) is 0 Å². The highest BCUT2D eigenvalue weighted by atomic mass is 16.3. The van der Waals surface area contributed by atoms with E-state index in [2.05, 4.69) is 49.1 Å². The van der Waals surface area contributed by atoms with E-state index in [0.29, 0.717) is 0 Å². The molecule has 0 saturated heterocycles. The second-order valence-electron chi connectivity index (χ2n) is 5.20. The van der Waals surface area contributed by atoms with Gasteiger partial charge in [-0.25, -0.2) is 0 Å². The molecule has 0 fully saturated rings. The maximum Gasteiger partial charge on any atom is 0.0702 e. The van der Waals surface area contributed by atoms with Crippen LogP contribution in [0.1, 0.15) is 22.3 Å². The second kappa shape index (κ2) is 5.45. The summed E-state index contributed by atoms with van der Waals surface area (Å²) in [5, 5.41) is 9.52. The minimum atomic E-state index is 0.0617. The monoisotopic (exact) mass is 255 g/mol. The van der Waals surface area contributed by atoms with Crippen LogP contribution in [0.25, 0.3) is 0 Å². The number of hydrogen-bond acceptors (Lipinski definition) is 2. The third kappa shape index (κ3) is 2.96. The molecule has 0 aliphatic heterocycles. The number of rotatable bonds is 3. The molecule has 2 rings (SSSR count). The van der Waals surface area contributed by atoms with Crippen molar-refractivity contribution in [3.63, 3.8) is 0 Å². The first-order valence-electron chi connectivity index (χ1n) is 6.53. The molecule has 100 valence electrons. The van der Waals surface area contributed by atoms with E-state index in [9.17, 15) is 5.11 Å². The summed E-state index contributed by atoms with van der Waals surface area (Å²) in [7, 11) is 2.04. The molecule has 0 saturated carbocycles. The molecule has 0 heterocycles. The van der Waals surface area contributed by atoms with Gasteiger partial charge in [0.1, 0.15) is 0 Å². The normalized spacial score (nSPS) is 10.6. The molecule has 0 unspecified atom stereocenters. The third-order valence-corrected chi connectivity index (χ3v) is 3.36. The van der Waals surface area contributed by atoms with Gasteiger partial charge in [-0.05, 0) is 50.1 Å². The fourth-order valence-corrected chi connectivity index (χ4v) is 2.45. The summed E-state index contributed by atoms with van der Waals surface area (Å²) in [5.74, 6) is 0. The van der Waals surface area contributed by atoms with Gasteiger partial charge in [-0.2, -0.15) is 0 Å². The van der Waals surface area contributed by atoms with Crippen LogP contribution in [0.3, 0.4) is 0 Å². The maximum atomic E-state index is 9.52. The average molecular weight is 255 g/mol. The van der Waals surface area contributed by atoms with Gasteiger partial charge in [-0.1, -0.05) is 23.8 Å². The Morgan fingerprint density at radius 3 is 2.11 bits per heavy atom. The third-order valence-electron chi connectivity index (χ3n) is 3.36. The van der Waals surface area contributed by atoms with Crippen LogP contribution < -0.4 is 4.90 Å². The lowest BCUT2D eigenvalue weighted by Crippen LogP contribution is -2.12. The lowest BCUT2D eigenvalue weighted by Gasteiger charge is -2.23. The summed E-state index contributed by atoms with van der Waals surface area (Å²) in [6.07, 6.45) is 0. The first kappa shape index (κ1) is 13.6. The molecule has 0 bridgehead atoms. The molecule has 0 spiro atoms. The van der Waals surface area contributed by atoms with Crippen LogP contribution in [-0.2, 0) is 6.61 Å². The smallest absolute Gasteiger partial charge is 0.0702 e. The van der Waals surface area contributed by atoms with Gasteiger partial charge >= 0.3 is 0 Å². The molecule has 2 nitrogen and oxygen atoms in total. The summed E-state index contributed by atoms with van der Waals surface area (Å²) in [5.41, 5.74) is 6.83.